The quantitative estimate of drug-likeness (QED) is 0.678. The van der Waals surface area contributed by atoms with Gasteiger partial charge in [0.2, 0.25) is 0 Å². The summed E-state index contributed by atoms with van der Waals surface area (Å²) >= 11 is 0. The average molecular weight is 185 g/mol. The van der Waals surface area contributed by atoms with Gasteiger partial charge in [0.15, 0.2) is 0 Å². The van der Waals surface area contributed by atoms with Gasteiger partial charge in [0.1, 0.15) is 0 Å². The number of hydroxylamine groups is 1. The molecule has 2 fully saturated rings. The Bertz CT molecular complexity index is 166. The first-order valence-corrected chi connectivity index (χ1v) is 5.28. The summed E-state index contributed by atoms with van der Waals surface area (Å²) in [6.45, 7) is 0.832. The number of rotatable bonds is 3. The van der Waals surface area contributed by atoms with E-state index in [4.69, 9.17) is 9.57 Å². The summed E-state index contributed by atoms with van der Waals surface area (Å²) in [4.78, 5) is 4.82. The molecule has 2 aliphatic rings. The van der Waals surface area contributed by atoms with E-state index in [9.17, 15) is 0 Å². The first-order valence-electron chi connectivity index (χ1n) is 5.28. The van der Waals surface area contributed by atoms with Crippen molar-refractivity contribution in [3.63, 3.8) is 0 Å². The van der Waals surface area contributed by atoms with Crippen LogP contribution in [0.5, 0.6) is 0 Å². The van der Waals surface area contributed by atoms with Gasteiger partial charge in [-0.3, -0.25) is 0 Å². The molecule has 0 amide bonds. The number of ether oxygens (including phenoxy) is 1. The second kappa shape index (κ2) is 3.95. The van der Waals surface area contributed by atoms with Crippen molar-refractivity contribution in [2.45, 2.75) is 50.2 Å². The summed E-state index contributed by atoms with van der Waals surface area (Å²) in [5.41, 5.74) is 3.14. The van der Waals surface area contributed by atoms with Crippen LogP contribution >= 0.6 is 0 Å². The Kier molecular flexibility index (Phi) is 2.86. The SMILES string of the molecule is CONCC1CCC2(CCCC2)O1. The molecule has 2 rings (SSSR count). The Hall–Kier alpha value is -0.120. The second-order valence-electron chi connectivity index (χ2n) is 4.22. The molecular formula is C10H19NO2. The van der Waals surface area contributed by atoms with Crippen molar-refractivity contribution in [1.82, 2.24) is 5.48 Å². The maximum Gasteiger partial charge on any atom is 0.0731 e. The fraction of sp³-hybridized carbons (Fsp3) is 1.00. The third-order valence-electron chi connectivity index (χ3n) is 3.31. The molecule has 1 saturated heterocycles. The van der Waals surface area contributed by atoms with Crippen molar-refractivity contribution < 1.29 is 9.57 Å². The molecule has 1 heterocycles. The Morgan fingerprint density at radius 3 is 2.85 bits per heavy atom. The van der Waals surface area contributed by atoms with Gasteiger partial charge in [-0.15, -0.1) is 0 Å². The molecular weight excluding hydrogens is 166 g/mol. The molecule has 13 heavy (non-hydrogen) atoms. The third-order valence-corrected chi connectivity index (χ3v) is 3.31. The van der Waals surface area contributed by atoms with Crippen LogP contribution in [0.1, 0.15) is 38.5 Å². The Morgan fingerprint density at radius 1 is 1.38 bits per heavy atom. The van der Waals surface area contributed by atoms with Crippen LogP contribution in [-0.4, -0.2) is 25.4 Å². The largest absolute Gasteiger partial charge is 0.370 e. The van der Waals surface area contributed by atoms with E-state index in [0.29, 0.717) is 6.10 Å². The van der Waals surface area contributed by atoms with E-state index in [2.05, 4.69) is 5.48 Å². The van der Waals surface area contributed by atoms with E-state index in [1.807, 2.05) is 0 Å². The third kappa shape index (κ3) is 2.03. The van der Waals surface area contributed by atoms with Gasteiger partial charge in [0.25, 0.3) is 0 Å². The van der Waals surface area contributed by atoms with Gasteiger partial charge in [-0.05, 0) is 25.7 Å². The highest BCUT2D eigenvalue weighted by molar-refractivity contribution is 4.92. The van der Waals surface area contributed by atoms with Crippen LogP contribution in [0.3, 0.4) is 0 Å². The Labute approximate surface area is 79.7 Å². The maximum atomic E-state index is 6.07. The van der Waals surface area contributed by atoms with Crippen LogP contribution in [0.4, 0.5) is 0 Å². The van der Waals surface area contributed by atoms with Crippen LogP contribution in [0.2, 0.25) is 0 Å². The Morgan fingerprint density at radius 2 is 2.15 bits per heavy atom. The van der Waals surface area contributed by atoms with Gasteiger partial charge in [-0.1, -0.05) is 12.8 Å². The average Bonchev–Trinajstić information content (AvgIpc) is 2.74. The van der Waals surface area contributed by atoms with Crippen molar-refractivity contribution in [3.8, 4) is 0 Å². The lowest BCUT2D eigenvalue weighted by molar-refractivity contribution is -0.0509. The molecule has 1 atom stereocenters. The van der Waals surface area contributed by atoms with Crippen molar-refractivity contribution in [2.24, 2.45) is 0 Å². The first kappa shape index (κ1) is 9.44. The molecule has 1 aliphatic heterocycles. The van der Waals surface area contributed by atoms with Gasteiger partial charge in [0, 0.05) is 6.54 Å². The second-order valence-corrected chi connectivity index (χ2v) is 4.22. The lowest BCUT2D eigenvalue weighted by Crippen LogP contribution is -2.30. The smallest absolute Gasteiger partial charge is 0.0731 e. The molecule has 1 spiro atoms. The van der Waals surface area contributed by atoms with E-state index in [1.165, 1.54) is 38.5 Å². The van der Waals surface area contributed by atoms with Gasteiger partial charge in [0.05, 0.1) is 18.8 Å². The van der Waals surface area contributed by atoms with Crippen molar-refractivity contribution in [2.75, 3.05) is 13.7 Å². The lowest BCUT2D eigenvalue weighted by Gasteiger charge is -2.23. The predicted molar refractivity (Wildman–Crippen MR) is 50.3 cm³/mol. The first-order chi connectivity index (χ1) is 6.35. The van der Waals surface area contributed by atoms with Crippen LogP contribution < -0.4 is 5.48 Å². The standard InChI is InChI=1S/C10H19NO2/c1-12-11-8-9-4-7-10(13-9)5-2-3-6-10/h9,11H,2-8H2,1H3. The summed E-state index contributed by atoms with van der Waals surface area (Å²) in [7, 11) is 1.65. The van der Waals surface area contributed by atoms with E-state index < -0.39 is 0 Å². The zero-order valence-electron chi connectivity index (χ0n) is 8.34. The summed E-state index contributed by atoms with van der Waals surface area (Å²) in [5.74, 6) is 0. The minimum atomic E-state index is 0.264. The summed E-state index contributed by atoms with van der Waals surface area (Å²) < 4.78 is 6.07. The molecule has 0 aromatic carbocycles. The highest BCUT2D eigenvalue weighted by Crippen LogP contribution is 2.42. The fourth-order valence-corrected chi connectivity index (χ4v) is 2.60. The number of hydrogen-bond acceptors (Lipinski definition) is 3. The molecule has 1 N–H and O–H groups in total. The normalized spacial score (nSPS) is 31.6. The molecule has 3 heteroatoms. The monoisotopic (exact) mass is 185 g/mol. The van der Waals surface area contributed by atoms with Crippen LogP contribution in [0, 0.1) is 0 Å². The molecule has 0 aromatic rings. The van der Waals surface area contributed by atoms with Crippen molar-refractivity contribution in [1.29, 1.82) is 0 Å². The summed E-state index contributed by atoms with van der Waals surface area (Å²) in [6.07, 6.45) is 8.07. The topological polar surface area (TPSA) is 30.5 Å². The zero-order chi connectivity index (χ0) is 9.15. The highest BCUT2D eigenvalue weighted by atomic mass is 16.6. The van der Waals surface area contributed by atoms with Crippen LogP contribution in [-0.2, 0) is 9.57 Å². The van der Waals surface area contributed by atoms with E-state index in [0.717, 1.165) is 6.54 Å². The van der Waals surface area contributed by atoms with Gasteiger partial charge >= 0.3 is 0 Å². The molecule has 1 saturated carbocycles. The molecule has 0 radical (unpaired) electrons. The van der Waals surface area contributed by atoms with Crippen LogP contribution in [0.15, 0.2) is 0 Å². The van der Waals surface area contributed by atoms with Gasteiger partial charge in [-0.25, -0.2) is 5.48 Å². The molecule has 76 valence electrons. The molecule has 3 nitrogen and oxygen atoms in total. The van der Waals surface area contributed by atoms with E-state index in [-0.39, 0.29) is 5.60 Å². The summed E-state index contributed by atoms with van der Waals surface area (Å²) in [5, 5.41) is 0. The predicted octanol–water partition coefficient (Wildman–Crippen LogP) is 1.63. The van der Waals surface area contributed by atoms with E-state index >= 15 is 0 Å². The van der Waals surface area contributed by atoms with Crippen molar-refractivity contribution in [3.05, 3.63) is 0 Å². The molecule has 1 aliphatic carbocycles. The fourth-order valence-electron chi connectivity index (χ4n) is 2.60. The van der Waals surface area contributed by atoms with E-state index in [1.54, 1.807) is 7.11 Å². The van der Waals surface area contributed by atoms with Gasteiger partial charge < -0.3 is 9.57 Å². The molecule has 1 unspecified atom stereocenters. The lowest BCUT2D eigenvalue weighted by atomic mass is 9.98. The minimum absolute atomic E-state index is 0.264. The zero-order valence-corrected chi connectivity index (χ0v) is 8.34. The van der Waals surface area contributed by atoms with Gasteiger partial charge in [-0.2, -0.15) is 0 Å². The minimum Gasteiger partial charge on any atom is -0.370 e. The summed E-state index contributed by atoms with van der Waals surface area (Å²) in [6, 6.07) is 0. The molecule has 0 bridgehead atoms. The number of hydrogen-bond donors (Lipinski definition) is 1. The number of nitrogens with one attached hydrogen (secondary N) is 1. The molecule has 0 aromatic heterocycles. The highest BCUT2D eigenvalue weighted by Gasteiger charge is 2.41. The van der Waals surface area contributed by atoms with Crippen LogP contribution in [0.25, 0.3) is 0 Å². The van der Waals surface area contributed by atoms with Crippen molar-refractivity contribution >= 4 is 0 Å². The Balaban J connectivity index is 1.79. The maximum absolute atomic E-state index is 6.07.